The van der Waals surface area contributed by atoms with Crippen molar-refractivity contribution >= 4 is 36.3 Å². The monoisotopic (exact) mass is 378 g/mol. The standard InChI is InChI=1S/C14H18O12/c1-8(16)24-10(3)26-14(20)5-12(18)23-7-22-11(17)4-13(19)25-9(2)21-6-15/h6,9-10H,4-5,7H2,1-3H3. The van der Waals surface area contributed by atoms with Gasteiger partial charge in [0, 0.05) is 20.8 Å². The van der Waals surface area contributed by atoms with Crippen molar-refractivity contribution < 1.29 is 57.2 Å². The molecule has 146 valence electrons. The van der Waals surface area contributed by atoms with E-state index in [2.05, 4.69) is 28.4 Å². The zero-order valence-corrected chi connectivity index (χ0v) is 14.3. The van der Waals surface area contributed by atoms with Crippen LogP contribution in [0.1, 0.15) is 33.6 Å². The second kappa shape index (κ2) is 12.2. The summed E-state index contributed by atoms with van der Waals surface area (Å²) < 4.78 is 26.7. The SMILES string of the molecule is CC(=O)OC(C)OC(=O)CC(=O)OCOC(=O)CC(=O)OC(C)OC=O. The van der Waals surface area contributed by atoms with Crippen molar-refractivity contribution in [1.82, 2.24) is 0 Å². The Kier molecular flexibility index (Phi) is 10.7. The molecule has 0 N–H and O–H groups in total. The molecule has 0 spiro atoms. The van der Waals surface area contributed by atoms with Gasteiger partial charge in [0.25, 0.3) is 6.47 Å². The Balaban J connectivity index is 3.97. The van der Waals surface area contributed by atoms with Crippen LogP contribution in [-0.4, -0.2) is 55.7 Å². The molecule has 0 heterocycles. The molecule has 0 amide bonds. The molecule has 0 rings (SSSR count). The fourth-order valence-corrected chi connectivity index (χ4v) is 1.32. The molecule has 0 radical (unpaired) electrons. The first-order valence-electron chi connectivity index (χ1n) is 7.10. The lowest BCUT2D eigenvalue weighted by Gasteiger charge is -2.12. The summed E-state index contributed by atoms with van der Waals surface area (Å²) in [4.78, 5) is 65.8. The van der Waals surface area contributed by atoms with Crippen LogP contribution in [0.2, 0.25) is 0 Å². The molecular weight excluding hydrogens is 360 g/mol. The number of rotatable bonds is 11. The quantitative estimate of drug-likeness (QED) is 0.147. The molecule has 0 aliphatic carbocycles. The highest BCUT2D eigenvalue weighted by Gasteiger charge is 2.18. The van der Waals surface area contributed by atoms with Crippen LogP contribution in [0.3, 0.4) is 0 Å². The fourth-order valence-electron chi connectivity index (χ4n) is 1.32. The molecular formula is C14H18O12. The molecule has 0 aromatic carbocycles. The predicted octanol–water partition coefficient (Wildman–Crippen LogP) is -0.675. The molecule has 0 saturated heterocycles. The molecule has 0 bridgehead atoms. The second-order valence-electron chi connectivity index (χ2n) is 4.46. The number of carbonyl (C=O) groups excluding carboxylic acids is 6. The summed E-state index contributed by atoms with van der Waals surface area (Å²) in [5, 5.41) is 0. The molecule has 0 aliphatic rings. The van der Waals surface area contributed by atoms with Crippen LogP contribution in [0.4, 0.5) is 0 Å². The van der Waals surface area contributed by atoms with Gasteiger partial charge in [0.15, 0.2) is 0 Å². The molecule has 12 heteroatoms. The zero-order chi connectivity index (χ0) is 20.1. The van der Waals surface area contributed by atoms with Gasteiger partial charge in [-0.3, -0.25) is 28.8 Å². The molecule has 2 unspecified atom stereocenters. The summed E-state index contributed by atoms with van der Waals surface area (Å²) >= 11 is 0. The lowest BCUT2D eigenvalue weighted by Crippen LogP contribution is -2.24. The van der Waals surface area contributed by atoms with Crippen LogP contribution in [-0.2, 0) is 57.2 Å². The predicted molar refractivity (Wildman–Crippen MR) is 76.3 cm³/mol. The summed E-state index contributed by atoms with van der Waals surface area (Å²) in [5.74, 6) is -4.88. The Morgan fingerprint density at radius 3 is 1.65 bits per heavy atom. The first-order chi connectivity index (χ1) is 12.1. The van der Waals surface area contributed by atoms with E-state index >= 15 is 0 Å². The summed E-state index contributed by atoms with van der Waals surface area (Å²) in [6.07, 6.45) is -3.98. The number of esters is 5. The van der Waals surface area contributed by atoms with E-state index in [0.29, 0.717) is 0 Å². The van der Waals surface area contributed by atoms with Gasteiger partial charge in [-0.2, -0.15) is 0 Å². The van der Waals surface area contributed by atoms with Gasteiger partial charge in [-0.25, -0.2) is 0 Å². The maximum absolute atomic E-state index is 11.3. The van der Waals surface area contributed by atoms with E-state index in [9.17, 15) is 28.8 Å². The first-order valence-corrected chi connectivity index (χ1v) is 7.10. The Hall–Kier alpha value is -3.18. The maximum atomic E-state index is 11.3. The number of hydrogen-bond acceptors (Lipinski definition) is 12. The zero-order valence-electron chi connectivity index (χ0n) is 14.3. The van der Waals surface area contributed by atoms with Crippen LogP contribution in [0.25, 0.3) is 0 Å². The summed E-state index contributed by atoms with van der Waals surface area (Å²) in [7, 11) is 0. The average Bonchev–Trinajstić information content (AvgIpc) is 2.45. The molecule has 0 saturated carbocycles. The van der Waals surface area contributed by atoms with E-state index in [4.69, 9.17) is 0 Å². The topological polar surface area (TPSA) is 158 Å². The van der Waals surface area contributed by atoms with Gasteiger partial charge >= 0.3 is 29.8 Å². The molecule has 2 atom stereocenters. The van der Waals surface area contributed by atoms with E-state index in [1.807, 2.05) is 0 Å². The highest BCUT2D eigenvalue weighted by molar-refractivity contribution is 5.92. The minimum atomic E-state index is -1.18. The van der Waals surface area contributed by atoms with E-state index in [1.165, 1.54) is 13.8 Å². The largest absolute Gasteiger partial charge is 0.428 e. The van der Waals surface area contributed by atoms with E-state index in [0.717, 1.165) is 6.92 Å². The first kappa shape index (κ1) is 22.8. The van der Waals surface area contributed by atoms with Crippen LogP contribution in [0.15, 0.2) is 0 Å². The van der Waals surface area contributed by atoms with Crippen molar-refractivity contribution in [2.45, 2.75) is 46.2 Å². The third kappa shape index (κ3) is 12.3. The van der Waals surface area contributed by atoms with Gasteiger partial charge in [-0.05, 0) is 0 Å². The van der Waals surface area contributed by atoms with Crippen molar-refractivity contribution in [2.24, 2.45) is 0 Å². The Morgan fingerprint density at radius 2 is 1.23 bits per heavy atom. The molecule has 0 aromatic rings. The van der Waals surface area contributed by atoms with Gasteiger partial charge in [0.05, 0.1) is 0 Å². The number of ether oxygens (including phenoxy) is 6. The Morgan fingerprint density at radius 1 is 0.769 bits per heavy atom. The van der Waals surface area contributed by atoms with Crippen molar-refractivity contribution in [1.29, 1.82) is 0 Å². The number of hydrogen-bond donors (Lipinski definition) is 0. The van der Waals surface area contributed by atoms with Crippen molar-refractivity contribution in [3.63, 3.8) is 0 Å². The molecule has 0 aromatic heterocycles. The molecule has 26 heavy (non-hydrogen) atoms. The van der Waals surface area contributed by atoms with Gasteiger partial charge < -0.3 is 28.4 Å². The lowest BCUT2D eigenvalue weighted by atomic mass is 10.4. The van der Waals surface area contributed by atoms with E-state index in [-0.39, 0.29) is 6.47 Å². The molecule has 0 aliphatic heterocycles. The van der Waals surface area contributed by atoms with Crippen molar-refractivity contribution in [3.05, 3.63) is 0 Å². The maximum Gasteiger partial charge on any atom is 0.320 e. The minimum Gasteiger partial charge on any atom is -0.428 e. The molecule has 0 fully saturated rings. The van der Waals surface area contributed by atoms with E-state index in [1.54, 1.807) is 0 Å². The third-order valence-corrected chi connectivity index (χ3v) is 2.19. The van der Waals surface area contributed by atoms with Crippen LogP contribution >= 0.6 is 0 Å². The van der Waals surface area contributed by atoms with Crippen molar-refractivity contribution in [2.75, 3.05) is 6.79 Å². The minimum absolute atomic E-state index is 0.0632. The molecule has 12 nitrogen and oxygen atoms in total. The smallest absolute Gasteiger partial charge is 0.320 e. The normalized spacial score (nSPS) is 12.0. The van der Waals surface area contributed by atoms with Crippen LogP contribution in [0, 0.1) is 0 Å². The van der Waals surface area contributed by atoms with Crippen molar-refractivity contribution in [3.8, 4) is 0 Å². The van der Waals surface area contributed by atoms with Gasteiger partial charge in [0.1, 0.15) is 12.8 Å². The van der Waals surface area contributed by atoms with Crippen LogP contribution in [0.5, 0.6) is 0 Å². The van der Waals surface area contributed by atoms with Crippen LogP contribution < -0.4 is 0 Å². The summed E-state index contributed by atoms with van der Waals surface area (Å²) in [5.41, 5.74) is 0. The Bertz CT molecular complexity index is 540. The van der Waals surface area contributed by atoms with Gasteiger partial charge in [-0.1, -0.05) is 0 Å². The Labute approximate surface area is 147 Å². The highest BCUT2D eigenvalue weighted by atomic mass is 16.7. The van der Waals surface area contributed by atoms with Gasteiger partial charge in [0.2, 0.25) is 19.4 Å². The second-order valence-corrected chi connectivity index (χ2v) is 4.46. The summed E-state index contributed by atoms with van der Waals surface area (Å²) in [6, 6.07) is 0. The van der Waals surface area contributed by atoms with Gasteiger partial charge in [-0.15, -0.1) is 0 Å². The third-order valence-electron chi connectivity index (χ3n) is 2.19. The average molecular weight is 378 g/mol. The summed E-state index contributed by atoms with van der Waals surface area (Å²) in [6.45, 7) is 2.85. The van der Waals surface area contributed by atoms with E-state index < -0.39 is 62.1 Å². The fraction of sp³-hybridized carbons (Fsp3) is 0.571. The number of carbonyl (C=O) groups is 6. The lowest BCUT2D eigenvalue weighted by molar-refractivity contribution is -0.185. The highest BCUT2D eigenvalue weighted by Crippen LogP contribution is 2.00.